The van der Waals surface area contributed by atoms with Crippen molar-refractivity contribution < 1.29 is 4.74 Å². The van der Waals surface area contributed by atoms with Crippen molar-refractivity contribution in [3.05, 3.63) is 23.8 Å². The van der Waals surface area contributed by atoms with E-state index in [-0.39, 0.29) is 0 Å². The summed E-state index contributed by atoms with van der Waals surface area (Å²) in [6.07, 6.45) is 6.15. The molecular weight excluding hydrogens is 248 g/mol. The third-order valence-corrected chi connectivity index (χ3v) is 4.16. The highest BCUT2D eigenvalue weighted by molar-refractivity contribution is 5.54. The molecule has 0 aromatic heterocycles. The SMILES string of the molecule is CCCOc1ccc(CCN2CCCCC2C)cc1N. The second-order valence-corrected chi connectivity index (χ2v) is 5.85. The monoisotopic (exact) mass is 276 g/mol. The average Bonchev–Trinajstić information content (AvgIpc) is 2.45. The number of nitrogen functional groups attached to an aromatic ring is 1. The molecule has 1 unspecified atom stereocenters. The van der Waals surface area contributed by atoms with Crippen molar-refractivity contribution in [3.63, 3.8) is 0 Å². The first kappa shape index (κ1) is 15.2. The minimum absolute atomic E-state index is 0.730. The molecule has 3 heteroatoms. The Bertz CT molecular complexity index is 419. The molecule has 2 N–H and O–H groups in total. The van der Waals surface area contributed by atoms with Crippen LogP contribution in [0.4, 0.5) is 5.69 Å². The summed E-state index contributed by atoms with van der Waals surface area (Å²) >= 11 is 0. The number of ether oxygens (including phenoxy) is 1. The maximum Gasteiger partial charge on any atom is 0.142 e. The zero-order valence-corrected chi connectivity index (χ0v) is 12.9. The van der Waals surface area contributed by atoms with Crippen molar-refractivity contribution in [3.8, 4) is 5.75 Å². The number of nitrogens with two attached hydrogens (primary N) is 1. The van der Waals surface area contributed by atoms with Gasteiger partial charge in [-0.3, -0.25) is 0 Å². The fourth-order valence-corrected chi connectivity index (χ4v) is 2.86. The minimum Gasteiger partial charge on any atom is -0.491 e. The summed E-state index contributed by atoms with van der Waals surface area (Å²) in [5, 5.41) is 0. The highest BCUT2D eigenvalue weighted by Gasteiger charge is 2.17. The van der Waals surface area contributed by atoms with Gasteiger partial charge >= 0.3 is 0 Å². The van der Waals surface area contributed by atoms with Crippen LogP contribution in [-0.4, -0.2) is 30.6 Å². The first-order valence-electron chi connectivity index (χ1n) is 7.96. The Kier molecular flexibility index (Phi) is 5.72. The summed E-state index contributed by atoms with van der Waals surface area (Å²) in [5.41, 5.74) is 8.14. The van der Waals surface area contributed by atoms with Crippen LogP contribution < -0.4 is 10.5 Å². The molecular formula is C17H28N2O. The molecule has 1 aliphatic heterocycles. The highest BCUT2D eigenvalue weighted by atomic mass is 16.5. The topological polar surface area (TPSA) is 38.5 Å². The van der Waals surface area contributed by atoms with Gasteiger partial charge in [0.25, 0.3) is 0 Å². The lowest BCUT2D eigenvalue weighted by Gasteiger charge is -2.33. The van der Waals surface area contributed by atoms with Crippen molar-refractivity contribution in [2.75, 3.05) is 25.4 Å². The number of nitrogens with zero attached hydrogens (tertiary/aromatic N) is 1. The Labute approximate surface area is 123 Å². The fraction of sp³-hybridized carbons (Fsp3) is 0.647. The summed E-state index contributed by atoms with van der Waals surface area (Å²) < 4.78 is 5.62. The number of benzene rings is 1. The molecule has 1 aromatic carbocycles. The second kappa shape index (κ2) is 7.53. The molecule has 0 amide bonds. The number of likely N-dealkylation sites (tertiary alicyclic amines) is 1. The van der Waals surface area contributed by atoms with E-state index >= 15 is 0 Å². The summed E-state index contributed by atoms with van der Waals surface area (Å²) in [6, 6.07) is 6.96. The van der Waals surface area contributed by atoms with E-state index in [4.69, 9.17) is 10.5 Å². The molecule has 1 aromatic rings. The lowest BCUT2D eigenvalue weighted by Crippen LogP contribution is -2.38. The Morgan fingerprint density at radius 1 is 1.35 bits per heavy atom. The Hall–Kier alpha value is -1.22. The molecule has 1 atom stereocenters. The van der Waals surface area contributed by atoms with Crippen LogP contribution in [0, 0.1) is 0 Å². The average molecular weight is 276 g/mol. The predicted molar refractivity (Wildman–Crippen MR) is 85.2 cm³/mol. The van der Waals surface area contributed by atoms with E-state index in [0.29, 0.717) is 0 Å². The van der Waals surface area contributed by atoms with Gasteiger partial charge in [-0.15, -0.1) is 0 Å². The lowest BCUT2D eigenvalue weighted by atomic mass is 10.0. The first-order chi connectivity index (χ1) is 9.70. The van der Waals surface area contributed by atoms with Crippen molar-refractivity contribution in [1.82, 2.24) is 4.90 Å². The van der Waals surface area contributed by atoms with Crippen LogP contribution in [0.3, 0.4) is 0 Å². The van der Waals surface area contributed by atoms with E-state index in [0.717, 1.165) is 43.5 Å². The predicted octanol–water partition coefficient (Wildman–Crippen LogP) is 3.47. The molecule has 0 spiro atoms. The zero-order valence-electron chi connectivity index (χ0n) is 12.9. The normalized spacial score (nSPS) is 20.0. The van der Waals surface area contributed by atoms with Crippen LogP contribution >= 0.6 is 0 Å². The smallest absolute Gasteiger partial charge is 0.142 e. The molecule has 0 aliphatic carbocycles. The van der Waals surface area contributed by atoms with Gasteiger partial charge in [0.2, 0.25) is 0 Å². The molecule has 1 saturated heterocycles. The largest absolute Gasteiger partial charge is 0.491 e. The standard InChI is InChI=1S/C17H28N2O/c1-3-12-20-17-8-7-15(13-16(17)18)9-11-19-10-5-4-6-14(19)2/h7-8,13-14H,3-6,9-12,18H2,1-2H3. The van der Waals surface area contributed by atoms with Crippen LogP contribution in [0.25, 0.3) is 0 Å². The van der Waals surface area contributed by atoms with Gasteiger partial charge in [0.05, 0.1) is 12.3 Å². The quantitative estimate of drug-likeness (QED) is 0.809. The zero-order chi connectivity index (χ0) is 14.4. The Balaban J connectivity index is 1.88. The Morgan fingerprint density at radius 2 is 2.20 bits per heavy atom. The first-order valence-corrected chi connectivity index (χ1v) is 7.96. The van der Waals surface area contributed by atoms with E-state index in [9.17, 15) is 0 Å². The maximum absolute atomic E-state index is 6.06. The number of anilines is 1. The number of hydrogen-bond donors (Lipinski definition) is 1. The van der Waals surface area contributed by atoms with Gasteiger partial charge in [-0.1, -0.05) is 19.4 Å². The van der Waals surface area contributed by atoms with E-state index in [1.165, 1.54) is 31.4 Å². The molecule has 0 bridgehead atoms. The van der Waals surface area contributed by atoms with Crippen LogP contribution in [0.1, 0.15) is 45.1 Å². The number of rotatable bonds is 6. The molecule has 3 nitrogen and oxygen atoms in total. The van der Waals surface area contributed by atoms with Gasteiger partial charge in [-0.2, -0.15) is 0 Å². The van der Waals surface area contributed by atoms with Gasteiger partial charge in [0.15, 0.2) is 0 Å². The number of hydrogen-bond acceptors (Lipinski definition) is 3. The fourth-order valence-electron chi connectivity index (χ4n) is 2.86. The van der Waals surface area contributed by atoms with Gasteiger partial charge in [-0.25, -0.2) is 0 Å². The molecule has 0 radical (unpaired) electrons. The van der Waals surface area contributed by atoms with E-state index in [1.54, 1.807) is 0 Å². The van der Waals surface area contributed by atoms with Crippen LogP contribution in [0.2, 0.25) is 0 Å². The molecule has 112 valence electrons. The van der Waals surface area contributed by atoms with Crippen LogP contribution in [0.5, 0.6) is 5.75 Å². The van der Waals surface area contributed by atoms with Crippen molar-refractivity contribution in [1.29, 1.82) is 0 Å². The van der Waals surface area contributed by atoms with Gasteiger partial charge < -0.3 is 15.4 Å². The molecule has 2 rings (SSSR count). The summed E-state index contributed by atoms with van der Waals surface area (Å²) in [4.78, 5) is 2.60. The third kappa shape index (κ3) is 4.14. The second-order valence-electron chi connectivity index (χ2n) is 5.85. The van der Waals surface area contributed by atoms with Gasteiger partial charge in [0, 0.05) is 12.6 Å². The summed E-state index contributed by atoms with van der Waals surface area (Å²) in [6.45, 7) is 7.55. The van der Waals surface area contributed by atoms with Crippen LogP contribution in [-0.2, 0) is 6.42 Å². The highest BCUT2D eigenvalue weighted by Crippen LogP contribution is 2.23. The molecule has 1 fully saturated rings. The summed E-state index contributed by atoms with van der Waals surface area (Å²) in [5.74, 6) is 0.821. The molecule has 1 aliphatic rings. The third-order valence-electron chi connectivity index (χ3n) is 4.16. The van der Waals surface area contributed by atoms with E-state index < -0.39 is 0 Å². The molecule has 0 saturated carbocycles. The van der Waals surface area contributed by atoms with E-state index in [2.05, 4.69) is 30.9 Å². The summed E-state index contributed by atoms with van der Waals surface area (Å²) in [7, 11) is 0. The van der Waals surface area contributed by atoms with Crippen LogP contribution in [0.15, 0.2) is 18.2 Å². The van der Waals surface area contributed by atoms with Crippen molar-refractivity contribution in [2.24, 2.45) is 0 Å². The minimum atomic E-state index is 0.730. The maximum atomic E-state index is 6.06. The van der Waals surface area contributed by atoms with Crippen molar-refractivity contribution >= 4 is 5.69 Å². The molecule has 1 heterocycles. The van der Waals surface area contributed by atoms with Gasteiger partial charge in [0.1, 0.15) is 5.75 Å². The van der Waals surface area contributed by atoms with Crippen molar-refractivity contribution in [2.45, 2.75) is 52.0 Å². The lowest BCUT2D eigenvalue weighted by molar-refractivity contribution is 0.163. The van der Waals surface area contributed by atoms with Gasteiger partial charge in [-0.05, 0) is 56.8 Å². The number of piperidine rings is 1. The van der Waals surface area contributed by atoms with E-state index in [1.807, 2.05) is 6.07 Å². The molecule has 20 heavy (non-hydrogen) atoms. The Morgan fingerprint density at radius 3 is 2.90 bits per heavy atom.